The number of rotatable bonds is 3. The van der Waals surface area contributed by atoms with Crippen molar-refractivity contribution in [3.63, 3.8) is 0 Å². The summed E-state index contributed by atoms with van der Waals surface area (Å²) in [5.74, 6) is -0.0780. The Kier molecular flexibility index (Phi) is 5.67. The van der Waals surface area contributed by atoms with Gasteiger partial charge in [0.05, 0.1) is 0 Å². The molecule has 82 valence electrons. The molecule has 0 saturated carbocycles. The van der Waals surface area contributed by atoms with Crippen molar-refractivity contribution >= 4 is 24.0 Å². The predicted molar refractivity (Wildman–Crippen MR) is 65.1 cm³/mol. The third kappa shape index (κ3) is 4.14. The molecule has 0 aromatic heterocycles. The maximum Gasteiger partial charge on any atom is 0.221 e. The van der Waals surface area contributed by atoms with Crippen molar-refractivity contribution in [2.75, 3.05) is 5.32 Å². The molecule has 0 fully saturated rings. The van der Waals surface area contributed by atoms with Crippen LogP contribution >= 0.6 is 12.4 Å². The van der Waals surface area contributed by atoms with Crippen LogP contribution in [0.4, 0.5) is 5.69 Å². The summed E-state index contributed by atoms with van der Waals surface area (Å²) in [5.41, 5.74) is 7.50. The molecule has 0 saturated heterocycles. The van der Waals surface area contributed by atoms with E-state index >= 15 is 0 Å². The Bertz CT molecular complexity index is 335. The fraction of sp³-hybridized carbons (Fsp3) is 0.182. The van der Waals surface area contributed by atoms with Crippen LogP contribution in [-0.2, 0) is 4.79 Å². The van der Waals surface area contributed by atoms with Crippen LogP contribution in [-0.4, -0.2) is 5.91 Å². The average Bonchev–Trinajstić information content (AvgIpc) is 2.17. The second-order valence-electron chi connectivity index (χ2n) is 3.06. The highest BCUT2D eigenvalue weighted by Crippen LogP contribution is 2.14. The van der Waals surface area contributed by atoms with Gasteiger partial charge in [0, 0.05) is 18.7 Å². The number of carbonyl (C=O) groups excluding carboxylic acids is 1. The summed E-state index contributed by atoms with van der Waals surface area (Å²) in [5, 5.41) is 2.68. The summed E-state index contributed by atoms with van der Waals surface area (Å²) in [6.07, 6.45) is 1.67. The Morgan fingerprint density at radius 2 is 2.00 bits per heavy atom. The number of halogens is 1. The van der Waals surface area contributed by atoms with Gasteiger partial charge in [-0.1, -0.05) is 18.2 Å². The van der Waals surface area contributed by atoms with Gasteiger partial charge in [0.25, 0.3) is 0 Å². The maximum atomic E-state index is 10.7. The molecule has 0 radical (unpaired) electrons. The van der Waals surface area contributed by atoms with Crippen LogP contribution in [0.3, 0.4) is 0 Å². The average molecular weight is 227 g/mol. The molecular weight excluding hydrogens is 212 g/mol. The van der Waals surface area contributed by atoms with Crippen LogP contribution < -0.4 is 11.1 Å². The molecule has 1 rings (SSSR count). The van der Waals surface area contributed by atoms with Crippen LogP contribution in [0.5, 0.6) is 0 Å². The van der Waals surface area contributed by atoms with Crippen molar-refractivity contribution in [1.82, 2.24) is 0 Å². The van der Waals surface area contributed by atoms with Gasteiger partial charge >= 0.3 is 0 Å². The SMILES string of the molecule is C=C[C@H](N)c1ccc(NC(C)=O)cc1.Cl. The molecule has 4 heteroatoms. The van der Waals surface area contributed by atoms with Gasteiger partial charge in [-0.3, -0.25) is 4.79 Å². The standard InChI is InChI=1S/C11H14N2O.ClH/c1-3-11(12)9-4-6-10(7-5-9)13-8(2)14;/h3-7,11H,1,12H2,2H3,(H,13,14);1H/t11-;/m0./s1. The highest BCUT2D eigenvalue weighted by atomic mass is 35.5. The minimum Gasteiger partial charge on any atom is -0.326 e. The molecule has 0 spiro atoms. The van der Waals surface area contributed by atoms with Crippen LogP contribution in [0, 0.1) is 0 Å². The highest BCUT2D eigenvalue weighted by molar-refractivity contribution is 5.88. The number of anilines is 1. The summed E-state index contributed by atoms with van der Waals surface area (Å²) in [7, 11) is 0. The summed E-state index contributed by atoms with van der Waals surface area (Å²) >= 11 is 0. The number of hydrogen-bond acceptors (Lipinski definition) is 2. The summed E-state index contributed by atoms with van der Waals surface area (Å²) in [6.45, 7) is 5.09. The van der Waals surface area contributed by atoms with Gasteiger partial charge in [-0.2, -0.15) is 0 Å². The lowest BCUT2D eigenvalue weighted by atomic mass is 10.1. The first kappa shape index (κ1) is 13.7. The van der Waals surface area contributed by atoms with E-state index in [-0.39, 0.29) is 24.4 Å². The monoisotopic (exact) mass is 226 g/mol. The van der Waals surface area contributed by atoms with Gasteiger partial charge < -0.3 is 11.1 Å². The fourth-order valence-corrected chi connectivity index (χ4v) is 1.13. The molecule has 0 aliphatic carbocycles. The first-order chi connectivity index (χ1) is 6.63. The molecule has 1 aromatic carbocycles. The second-order valence-corrected chi connectivity index (χ2v) is 3.06. The van der Waals surface area contributed by atoms with E-state index < -0.39 is 0 Å². The smallest absolute Gasteiger partial charge is 0.221 e. The molecule has 15 heavy (non-hydrogen) atoms. The van der Waals surface area contributed by atoms with Crippen molar-refractivity contribution in [3.8, 4) is 0 Å². The van der Waals surface area contributed by atoms with E-state index in [0.29, 0.717) is 0 Å². The van der Waals surface area contributed by atoms with E-state index in [1.807, 2.05) is 24.3 Å². The fourth-order valence-electron chi connectivity index (χ4n) is 1.13. The van der Waals surface area contributed by atoms with Crippen molar-refractivity contribution in [1.29, 1.82) is 0 Å². The van der Waals surface area contributed by atoms with Crippen LogP contribution in [0.25, 0.3) is 0 Å². The molecule has 1 atom stereocenters. The molecular formula is C11H15ClN2O. The Labute approximate surface area is 95.8 Å². The van der Waals surface area contributed by atoms with Gasteiger partial charge in [0.1, 0.15) is 0 Å². The van der Waals surface area contributed by atoms with E-state index in [1.165, 1.54) is 6.92 Å². The molecule has 3 N–H and O–H groups in total. The lowest BCUT2D eigenvalue weighted by Crippen LogP contribution is -2.08. The van der Waals surface area contributed by atoms with Crippen LogP contribution in [0.15, 0.2) is 36.9 Å². The molecule has 0 unspecified atom stereocenters. The van der Waals surface area contributed by atoms with Crippen LogP contribution in [0.1, 0.15) is 18.5 Å². The lowest BCUT2D eigenvalue weighted by molar-refractivity contribution is -0.114. The predicted octanol–water partition coefficient (Wildman–Crippen LogP) is 2.25. The Hall–Kier alpha value is -1.32. The first-order valence-electron chi connectivity index (χ1n) is 4.39. The lowest BCUT2D eigenvalue weighted by Gasteiger charge is -2.07. The Morgan fingerprint density at radius 1 is 1.47 bits per heavy atom. The molecule has 0 heterocycles. The van der Waals surface area contributed by atoms with E-state index in [4.69, 9.17) is 5.73 Å². The first-order valence-corrected chi connectivity index (χ1v) is 4.39. The number of nitrogens with two attached hydrogens (primary N) is 1. The van der Waals surface area contributed by atoms with Crippen molar-refractivity contribution in [2.45, 2.75) is 13.0 Å². The van der Waals surface area contributed by atoms with Gasteiger partial charge in [-0.05, 0) is 17.7 Å². The normalized spacial score (nSPS) is 11.1. The molecule has 0 aliphatic rings. The zero-order valence-electron chi connectivity index (χ0n) is 8.57. The van der Waals surface area contributed by atoms with E-state index in [1.54, 1.807) is 6.08 Å². The molecule has 1 amide bonds. The minimum absolute atomic E-state index is 0. The number of nitrogens with one attached hydrogen (secondary N) is 1. The number of benzene rings is 1. The molecule has 3 nitrogen and oxygen atoms in total. The summed E-state index contributed by atoms with van der Waals surface area (Å²) in [6, 6.07) is 7.23. The molecule has 1 aromatic rings. The topological polar surface area (TPSA) is 55.1 Å². The van der Waals surface area contributed by atoms with Crippen LogP contribution in [0.2, 0.25) is 0 Å². The van der Waals surface area contributed by atoms with Crippen molar-refractivity contribution in [3.05, 3.63) is 42.5 Å². The maximum absolute atomic E-state index is 10.7. The minimum atomic E-state index is -0.152. The quantitative estimate of drug-likeness (QED) is 0.777. The zero-order chi connectivity index (χ0) is 10.6. The van der Waals surface area contributed by atoms with Gasteiger partial charge in [0.15, 0.2) is 0 Å². The third-order valence-electron chi connectivity index (χ3n) is 1.87. The van der Waals surface area contributed by atoms with Crippen molar-refractivity contribution < 1.29 is 4.79 Å². The van der Waals surface area contributed by atoms with E-state index in [2.05, 4.69) is 11.9 Å². The Morgan fingerprint density at radius 3 is 2.40 bits per heavy atom. The summed E-state index contributed by atoms with van der Waals surface area (Å²) in [4.78, 5) is 10.7. The number of hydrogen-bond donors (Lipinski definition) is 2. The Balaban J connectivity index is 0.00000196. The number of carbonyl (C=O) groups is 1. The largest absolute Gasteiger partial charge is 0.326 e. The highest BCUT2D eigenvalue weighted by Gasteiger charge is 2.00. The summed E-state index contributed by atoms with van der Waals surface area (Å²) < 4.78 is 0. The van der Waals surface area contributed by atoms with Gasteiger partial charge in [-0.15, -0.1) is 19.0 Å². The molecule has 0 aliphatic heterocycles. The second kappa shape index (κ2) is 6.22. The number of amides is 1. The van der Waals surface area contributed by atoms with Gasteiger partial charge in [0.2, 0.25) is 5.91 Å². The zero-order valence-corrected chi connectivity index (χ0v) is 9.38. The van der Waals surface area contributed by atoms with E-state index in [0.717, 1.165) is 11.3 Å². The third-order valence-corrected chi connectivity index (χ3v) is 1.87. The van der Waals surface area contributed by atoms with Gasteiger partial charge in [-0.25, -0.2) is 0 Å². The molecule has 0 bridgehead atoms. The van der Waals surface area contributed by atoms with E-state index in [9.17, 15) is 4.79 Å². The van der Waals surface area contributed by atoms with Crippen molar-refractivity contribution in [2.24, 2.45) is 5.73 Å².